The van der Waals surface area contributed by atoms with Crippen molar-refractivity contribution in [1.82, 2.24) is 10.2 Å². The van der Waals surface area contributed by atoms with Crippen LogP contribution in [-0.4, -0.2) is 68.5 Å². The van der Waals surface area contributed by atoms with Crippen molar-refractivity contribution in [2.75, 3.05) is 11.9 Å². The van der Waals surface area contributed by atoms with Gasteiger partial charge in [0.25, 0.3) is 0 Å². The number of alkyl halides is 1. The molecule has 0 aliphatic carbocycles. The summed E-state index contributed by atoms with van der Waals surface area (Å²) < 4.78 is 6.54. The zero-order valence-electron chi connectivity index (χ0n) is 22.6. The van der Waals surface area contributed by atoms with E-state index in [-0.39, 0.29) is 34.6 Å². The highest BCUT2D eigenvalue weighted by atomic mass is 79.9. The lowest BCUT2D eigenvalue weighted by molar-refractivity contribution is -0.146. The van der Waals surface area contributed by atoms with E-state index in [4.69, 9.17) is 4.74 Å². The summed E-state index contributed by atoms with van der Waals surface area (Å²) in [5.74, 6) is -2.47. The minimum absolute atomic E-state index is 0.0241. The van der Waals surface area contributed by atoms with Crippen LogP contribution in [0.25, 0.3) is 0 Å². The number of para-hydroxylation sites is 1. The molecular weight excluding hydrogens is 538 g/mol. The predicted molar refractivity (Wildman–Crippen MR) is 145 cm³/mol. The van der Waals surface area contributed by atoms with Crippen molar-refractivity contribution in [3.63, 3.8) is 0 Å². The van der Waals surface area contributed by atoms with E-state index >= 15 is 0 Å². The normalized spacial score (nSPS) is 31.8. The summed E-state index contributed by atoms with van der Waals surface area (Å²) in [5.41, 5.74) is -1.07. The topological polar surface area (TPSA) is 108 Å². The van der Waals surface area contributed by atoms with Gasteiger partial charge in [0, 0.05) is 16.1 Å². The monoisotopic (exact) mass is 577 g/mol. The van der Waals surface area contributed by atoms with Crippen molar-refractivity contribution in [3.8, 4) is 0 Å². The van der Waals surface area contributed by atoms with Crippen LogP contribution in [0.5, 0.6) is 0 Å². The highest BCUT2D eigenvalue weighted by molar-refractivity contribution is 9.09. The standard InChI is InChI=1S/C28H40BrN3O5/c1-7-17(14-33)32-22(24(35)31-27(5,6)15-26(2,3)4)28-13-18(29)21(37-28)19(20(28)25(32)36)23(34)30-16-11-9-8-10-12-16/h8-12,17-22,33H,7,13-15H2,1-6H3,(H,30,34)(H,31,35)/t17-,18?,19+,20-,21+,22?,28?/m0/s1. The number of fused-ring (bicyclic) bond motifs is 1. The number of aliphatic hydroxyl groups is 1. The molecule has 3 aliphatic rings. The predicted octanol–water partition coefficient (Wildman–Crippen LogP) is 3.48. The van der Waals surface area contributed by atoms with E-state index in [1.165, 1.54) is 4.90 Å². The van der Waals surface area contributed by atoms with E-state index in [9.17, 15) is 19.5 Å². The molecule has 3 aliphatic heterocycles. The molecule has 0 aromatic heterocycles. The highest BCUT2D eigenvalue weighted by Gasteiger charge is 2.77. The average Bonchev–Trinajstić information content (AvgIpc) is 3.37. The fourth-order valence-electron chi connectivity index (χ4n) is 6.99. The van der Waals surface area contributed by atoms with Crippen LogP contribution < -0.4 is 10.6 Å². The van der Waals surface area contributed by atoms with Crippen molar-refractivity contribution in [2.24, 2.45) is 17.3 Å². The molecule has 3 fully saturated rings. The minimum atomic E-state index is -1.15. The molecule has 3 N–H and O–H groups in total. The second-order valence-electron chi connectivity index (χ2n) is 12.6. The van der Waals surface area contributed by atoms with E-state index in [1.54, 1.807) is 12.1 Å². The van der Waals surface area contributed by atoms with Gasteiger partial charge in [0.05, 0.1) is 30.6 Å². The Balaban J connectivity index is 1.72. The molecule has 1 aromatic rings. The molecule has 9 heteroatoms. The third-order valence-electron chi connectivity index (χ3n) is 7.83. The lowest BCUT2D eigenvalue weighted by atomic mass is 9.70. The smallest absolute Gasteiger partial charge is 0.246 e. The van der Waals surface area contributed by atoms with Gasteiger partial charge in [-0.1, -0.05) is 61.8 Å². The molecule has 3 amide bonds. The van der Waals surface area contributed by atoms with Crippen LogP contribution in [0.4, 0.5) is 5.69 Å². The fraction of sp³-hybridized carbons (Fsp3) is 0.679. The summed E-state index contributed by atoms with van der Waals surface area (Å²) in [6.07, 6.45) is 1.10. The first-order valence-corrected chi connectivity index (χ1v) is 14.1. The number of rotatable bonds is 8. The number of nitrogens with one attached hydrogen (secondary N) is 2. The van der Waals surface area contributed by atoms with Crippen molar-refractivity contribution in [1.29, 1.82) is 0 Å². The summed E-state index contributed by atoms with van der Waals surface area (Å²) in [4.78, 5) is 43.0. The second kappa shape index (κ2) is 9.97. The van der Waals surface area contributed by atoms with E-state index < -0.39 is 41.2 Å². The number of amides is 3. The van der Waals surface area contributed by atoms with Crippen molar-refractivity contribution in [2.45, 2.75) is 95.0 Å². The first-order chi connectivity index (χ1) is 17.2. The van der Waals surface area contributed by atoms with Crippen LogP contribution in [0.2, 0.25) is 0 Å². The Morgan fingerprint density at radius 3 is 2.41 bits per heavy atom. The molecule has 2 bridgehead atoms. The van der Waals surface area contributed by atoms with Crippen LogP contribution in [0.1, 0.15) is 60.8 Å². The van der Waals surface area contributed by atoms with E-state index in [0.29, 0.717) is 18.5 Å². The van der Waals surface area contributed by atoms with Gasteiger partial charge < -0.3 is 25.4 Å². The molecule has 1 aromatic carbocycles. The maximum absolute atomic E-state index is 14.1. The fourth-order valence-corrected chi connectivity index (χ4v) is 7.94. The third-order valence-corrected chi connectivity index (χ3v) is 8.67. The van der Waals surface area contributed by atoms with Gasteiger partial charge in [-0.3, -0.25) is 14.4 Å². The second-order valence-corrected chi connectivity index (χ2v) is 13.8. The number of hydrogen-bond acceptors (Lipinski definition) is 5. The van der Waals surface area contributed by atoms with Gasteiger partial charge in [0.15, 0.2) is 0 Å². The van der Waals surface area contributed by atoms with Gasteiger partial charge in [-0.05, 0) is 50.7 Å². The molecule has 3 heterocycles. The molecule has 0 radical (unpaired) electrons. The summed E-state index contributed by atoms with van der Waals surface area (Å²) in [7, 11) is 0. The molecule has 4 rings (SSSR count). The summed E-state index contributed by atoms with van der Waals surface area (Å²) in [6.45, 7) is 11.9. The molecule has 37 heavy (non-hydrogen) atoms. The molecule has 7 atom stereocenters. The number of anilines is 1. The minimum Gasteiger partial charge on any atom is -0.394 e. The Morgan fingerprint density at radius 2 is 1.84 bits per heavy atom. The Bertz CT molecular complexity index is 1040. The molecular formula is C28H40BrN3O5. The highest BCUT2D eigenvalue weighted by Crippen LogP contribution is 2.60. The average molecular weight is 579 g/mol. The number of benzene rings is 1. The van der Waals surface area contributed by atoms with Gasteiger partial charge >= 0.3 is 0 Å². The van der Waals surface area contributed by atoms with Gasteiger partial charge in [-0.15, -0.1) is 0 Å². The number of ether oxygens (including phenoxy) is 1. The molecule has 204 valence electrons. The lowest BCUT2D eigenvalue weighted by Crippen LogP contribution is -2.61. The molecule has 1 spiro atoms. The number of hydrogen-bond donors (Lipinski definition) is 3. The first kappa shape index (κ1) is 28.0. The Morgan fingerprint density at radius 1 is 1.19 bits per heavy atom. The number of aliphatic hydroxyl groups excluding tert-OH is 1. The summed E-state index contributed by atoms with van der Waals surface area (Å²) >= 11 is 3.69. The zero-order chi connectivity index (χ0) is 27.3. The number of likely N-dealkylation sites (tertiary alicyclic amines) is 1. The number of halogens is 1. The summed E-state index contributed by atoms with van der Waals surface area (Å²) in [5, 5.41) is 16.3. The van der Waals surface area contributed by atoms with E-state index in [2.05, 4.69) is 47.3 Å². The number of carbonyl (C=O) groups is 3. The SMILES string of the molecule is CC[C@@H](CO)N1C(=O)[C@@H]2[C@@H](C(=O)Nc3ccccc3)[C@@H]3OC2(CC3Br)C1C(=O)NC(C)(C)CC(C)(C)C. The zero-order valence-corrected chi connectivity index (χ0v) is 24.2. The van der Waals surface area contributed by atoms with E-state index in [0.717, 1.165) is 6.42 Å². The van der Waals surface area contributed by atoms with Crippen LogP contribution in [-0.2, 0) is 19.1 Å². The molecule has 3 saturated heterocycles. The largest absolute Gasteiger partial charge is 0.394 e. The van der Waals surface area contributed by atoms with Gasteiger partial charge in [-0.25, -0.2) is 0 Å². The maximum atomic E-state index is 14.1. The molecule has 0 saturated carbocycles. The maximum Gasteiger partial charge on any atom is 0.246 e. The third kappa shape index (κ3) is 5.06. The molecule has 8 nitrogen and oxygen atoms in total. The van der Waals surface area contributed by atoms with Crippen LogP contribution in [0.15, 0.2) is 30.3 Å². The Labute approximate surface area is 228 Å². The lowest BCUT2D eigenvalue weighted by Gasteiger charge is -2.40. The van der Waals surface area contributed by atoms with Crippen molar-refractivity contribution in [3.05, 3.63) is 30.3 Å². The van der Waals surface area contributed by atoms with Crippen LogP contribution in [0.3, 0.4) is 0 Å². The van der Waals surface area contributed by atoms with Crippen molar-refractivity contribution < 1.29 is 24.2 Å². The Hall–Kier alpha value is -1.97. The van der Waals surface area contributed by atoms with Gasteiger partial charge in [-0.2, -0.15) is 0 Å². The van der Waals surface area contributed by atoms with Crippen LogP contribution in [0, 0.1) is 17.3 Å². The van der Waals surface area contributed by atoms with Gasteiger partial charge in [0.2, 0.25) is 17.7 Å². The number of nitrogens with zero attached hydrogens (tertiary/aromatic N) is 1. The Kier molecular flexibility index (Phi) is 7.56. The quantitative estimate of drug-likeness (QED) is 0.410. The molecule has 3 unspecified atom stereocenters. The van der Waals surface area contributed by atoms with E-state index in [1.807, 2.05) is 39.0 Å². The van der Waals surface area contributed by atoms with Crippen LogP contribution >= 0.6 is 15.9 Å². The summed E-state index contributed by atoms with van der Waals surface area (Å²) in [6, 6.07) is 7.62. The first-order valence-electron chi connectivity index (χ1n) is 13.2. The van der Waals surface area contributed by atoms with Crippen molar-refractivity contribution >= 4 is 39.3 Å². The van der Waals surface area contributed by atoms with Gasteiger partial charge in [0.1, 0.15) is 11.6 Å². The number of carbonyl (C=O) groups excluding carboxylic acids is 3.